The van der Waals surface area contributed by atoms with Gasteiger partial charge < -0.3 is 20.5 Å². The third-order valence-electron chi connectivity index (χ3n) is 6.46. The number of halogens is 4. The van der Waals surface area contributed by atoms with Gasteiger partial charge in [0, 0.05) is 30.4 Å². The summed E-state index contributed by atoms with van der Waals surface area (Å²) < 4.78 is 37.5. The van der Waals surface area contributed by atoms with Crippen LogP contribution in [0.3, 0.4) is 0 Å². The molecule has 12 heteroatoms. The Labute approximate surface area is 204 Å². The lowest BCUT2D eigenvalue weighted by molar-refractivity contribution is -0.192. The number of carbonyl (C=O) groups is 2. The van der Waals surface area contributed by atoms with Gasteiger partial charge in [-0.25, -0.2) is 14.6 Å². The standard InChI is InChI=1S/C21H23ClN4O2.C2HF3O2/c22-18-9-14(3-6-24-18)10-25-20(27)26-13-21(4-7-23-8-5-21)19-16-12-28-11-15(16)1-2-17(19)26;3-2(4,5)1(6)7/h1-3,6,9,23H,4-5,7-8,10-13H2,(H,25,27);(H,6,7). The third-order valence-corrected chi connectivity index (χ3v) is 6.66. The number of aromatic nitrogens is 1. The van der Waals surface area contributed by atoms with Crippen molar-refractivity contribution < 1.29 is 32.6 Å². The van der Waals surface area contributed by atoms with Crippen LogP contribution in [0.4, 0.5) is 23.7 Å². The number of alkyl halides is 3. The van der Waals surface area contributed by atoms with Crippen molar-refractivity contribution in [2.45, 2.75) is 44.2 Å². The van der Waals surface area contributed by atoms with Crippen molar-refractivity contribution in [2.24, 2.45) is 0 Å². The fourth-order valence-corrected chi connectivity index (χ4v) is 5.04. The molecule has 35 heavy (non-hydrogen) atoms. The number of anilines is 1. The van der Waals surface area contributed by atoms with E-state index < -0.39 is 12.1 Å². The van der Waals surface area contributed by atoms with Gasteiger partial charge in [-0.3, -0.25) is 4.90 Å². The number of urea groups is 1. The van der Waals surface area contributed by atoms with Crippen LogP contribution in [-0.2, 0) is 34.7 Å². The molecule has 3 aliphatic heterocycles. The van der Waals surface area contributed by atoms with Crippen LogP contribution >= 0.6 is 11.6 Å². The van der Waals surface area contributed by atoms with Gasteiger partial charge in [0.15, 0.2) is 0 Å². The molecule has 0 atom stereocenters. The van der Waals surface area contributed by atoms with E-state index in [1.807, 2.05) is 11.0 Å². The lowest BCUT2D eigenvalue weighted by atomic mass is 9.72. The quantitative estimate of drug-likeness (QED) is 0.530. The van der Waals surface area contributed by atoms with Crippen LogP contribution in [0.1, 0.15) is 35.1 Å². The summed E-state index contributed by atoms with van der Waals surface area (Å²) in [5.74, 6) is -2.76. The Kier molecular flexibility index (Phi) is 7.20. The molecule has 0 aliphatic carbocycles. The summed E-state index contributed by atoms with van der Waals surface area (Å²) in [6, 6.07) is 7.79. The first-order chi connectivity index (χ1) is 16.6. The number of fused-ring (bicyclic) bond motifs is 4. The minimum absolute atomic E-state index is 0.0247. The fraction of sp³-hybridized carbons (Fsp3) is 0.435. The van der Waals surface area contributed by atoms with Crippen LogP contribution < -0.4 is 15.5 Å². The Hall–Kier alpha value is -2.89. The molecule has 1 saturated heterocycles. The maximum atomic E-state index is 13.1. The zero-order valence-corrected chi connectivity index (χ0v) is 19.4. The molecule has 5 rings (SSSR count). The summed E-state index contributed by atoms with van der Waals surface area (Å²) in [5, 5.41) is 14.1. The molecule has 1 aromatic heterocycles. The number of hydrogen-bond acceptors (Lipinski definition) is 5. The molecule has 0 unspecified atom stereocenters. The van der Waals surface area contributed by atoms with E-state index >= 15 is 0 Å². The lowest BCUT2D eigenvalue weighted by Gasteiger charge is -2.35. The number of ether oxygens (including phenoxy) is 1. The number of pyridine rings is 1. The molecule has 0 radical (unpaired) electrons. The first-order valence-electron chi connectivity index (χ1n) is 11.0. The van der Waals surface area contributed by atoms with Crippen LogP contribution in [0.25, 0.3) is 0 Å². The largest absolute Gasteiger partial charge is 0.490 e. The monoisotopic (exact) mass is 512 g/mol. The van der Waals surface area contributed by atoms with Crippen LogP contribution in [0.15, 0.2) is 30.5 Å². The Balaban J connectivity index is 0.000000364. The van der Waals surface area contributed by atoms with E-state index in [0.29, 0.717) is 24.9 Å². The van der Waals surface area contributed by atoms with Gasteiger partial charge in [0.05, 0.1) is 13.2 Å². The second-order valence-electron chi connectivity index (χ2n) is 8.66. The fourth-order valence-electron chi connectivity index (χ4n) is 4.85. The number of nitrogens with zero attached hydrogens (tertiary/aromatic N) is 2. The summed E-state index contributed by atoms with van der Waals surface area (Å²) in [6.07, 6.45) is -1.34. The van der Waals surface area contributed by atoms with Gasteiger partial charge in [-0.2, -0.15) is 13.2 Å². The van der Waals surface area contributed by atoms with Crippen molar-refractivity contribution in [1.82, 2.24) is 15.6 Å². The van der Waals surface area contributed by atoms with Crippen LogP contribution in [0.5, 0.6) is 0 Å². The number of aliphatic carboxylic acids is 1. The van der Waals surface area contributed by atoms with Gasteiger partial charge in [0.1, 0.15) is 5.15 Å². The number of carbonyl (C=O) groups excluding carboxylic acids is 1. The molecule has 2 aromatic rings. The van der Waals surface area contributed by atoms with Crippen LogP contribution in [0.2, 0.25) is 5.15 Å². The molecule has 1 fully saturated rings. The highest BCUT2D eigenvalue weighted by molar-refractivity contribution is 6.29. The van der Waals surface area contributed by atoms with E-state index in [0.717, 1.165) is 43.7 Å². The molecule has 3 aliphatic rings. The van der Waals surface area contributed by atoms with Gasteiger partial charge in [-0.15, -0.1) is 0 Å². The van der Waals surface area contributed by atoms with E-state index in [-0.39, 0.29) is 11.4 Å². The molecular formula is C23H24ClF3N4O4. The van der Waals surface area contributed by atoms with Crippen molar-refractivity contribution in [3.8, 4) is 0 Å². The van der Waals surface area contributed by atoms with Crippen molar-refractivity contribution >= 4 is 29.3 Å². The second kappa shape index (κ2) is 10.00. The van der Waals surface area contributed by atoms with E-state index in [1.165, 1.54) is 16.7 Å². The SMILES string of the molecule is O=C(NCc1ccnc(Cl)c1)N1CC2(CCNCC2)c2c1ccc1c2COC1.O=C(O)C(F)(F)F. The first-order valence-corrected chi connectivity index (χ1v) is 11.4. The molecule has 188 valence electrons. The lowest BCUT2D eigenvalue weighted by Crippen LogP contribution is -2.46. The van der Waals surface area contributed by atoms with Gasteiger partial charge in [0.25, 0.3) is 0 Å². The average Bonchev–Trinajstić information content (AvgIpc) is 3.41. The molecule has 8 nitrogen and oxygen atoms in total. The highest BCUT2D eigenvalue weighted by Gasteiger charge is 2.47. The van der Waals surface area contributed by atoms with E-state index in [9.17, 15) is 18.0 Å². The Morgan fingerprint density at radius 3 is 2.60 bits per heavy atom. The number of nitrogens with one attached hydrogen (secondary N) is 2. The molecular weight excluding hydrogens is 489 g/mol. The zero-order valence-electron chi connectivity index (χ0n) is 18.6. The summed E-state index contributed by atoms with van der Waals surface area (Å²) in [4.78, 5) is 27.9. The van der Waals surface area contributed by atoms with Gasteiger partial charge in [-0.1, -0.05) is 17.7 Å². The van der Waals surface area contributed by atoms with Gasteiger partial charge in [0.2, 0.25) is 0 Å². The maximum Gasteiger partial charge on any atom is 0.490 e. The number of carboxylic acids is 1. The van der Waals surface area contributed by atoms with E-state index in [1.54, 1.807) is 12.3 Å². The third kappa shape index (κ3) is 5.36. The molecule has 0 saturated carbocycles. The number of benzene rings is 1. The average molecular weight is 513 g/mol. The summed E-state index contributed by atoms with van der Waals surface area (Å²) in [6.45, 7) is 4.44. The number of amides is 2. The number of hydrogen-bond donors (Lipinski definition) is 3. The number of piperidine rings is 1. The predicted octanol–water partition coefficient (Wildman–Crippen LogP) is 3.75. The van der Waals surface area contributed by atoms with Crippen molar-refractivity contribution in [1.29, 1.82) is 0 Å². The highest BCUT2D eigenvalue weighted by atomic mass is 35.5. The molecule has 0 bridgehead atoms. The molecule has 2 amide bonds. The molecule has 3 N–H and O–H groups in total. The molecule has 4 heterocycles. The van der Waals surface area contributed by atoms with E-state index in [4.69, 9.17) is 26.2 Å². The zero-order chi connectivity index (χ0) is 25.2. The summed E-state index contributed by atoms with van der Waals surface area (Å²) in [5.41, 5.74) is 5.91. The Bertz CT molecular complexity index is 1120. The molecule has 1 spiro atoms. The number of rotatable bonds is 2. The Morgan fingerprint density at radius 2 is 1.94 bits per heavy atom. The Morgan fingerprint density at radius 1 is 1.23 bits per heavy atom. The second-order valence-corrected chi connectivity index (χ2v) is 9.04. The van der Waals surface area contributed by atoms with E-state index in [2.05, 4.69) is 27.8 Å². The maximum absolute atomic E-state index is 13.1. The summed E-state index contributed by atoms with van der Waals surface area (Å²) in [7, 11) is 0. The van der Waals surface area contributed by atoms with Crippen LogP contribution in [-0.4, -0.2) is 47.9 Å². The van der Waals surface area contributed by atoms with Gasteiger partial charge >= 0.3 is 18.2 Å². The van der Waals surface area contributed by atoms with Crippen LogP contribution in [0, 0.1) is 0 Å². The van der Waals surface area contributed by atoms with Crippen molar-refractivity contribution in [3.05, 3.63) is 57.9 Å². The first kappa shape index (κ1) is 25.2. The number of carboxylic acid groups (broad SMARTS) is 1. The molecule has 1 aromatic carbocycles. The highest BCUT2D eigenvalue weighted by Crippen LogP contribution is 2.49. The topological polar surface area (TPSA) is 104 Å². The predicted molar refractivity (Wildman–Crippen MR) is 121 cm³/mol. The minimum atomic E-state index is -5.08. The smallest absolute Gasteiger partial charge is 0.475 e. The normalized spacial score (nSPS) is 17.9. The van der Waals surface area contributed by atoms with Crippen molar-refractivity contribution in [2.75, 3.05) is 24.5 Å². The van der Waals surface area contributed by atoms with Gasteiger partial charge in [-0.05, 0) is 66.4 Å². The minimum Gasteiger partial charge on any atom is -0.475 e. The summed E-state index contributed by atoms with van der Waals surface area (Å²) >= 11 is 5.95. The van der Waals surface area contributed by atoms with Crippen molar-refractivity contribution in [3.63, 3.8) is 0 Å².